The first-order chi connectivity index (χ1) is 8.29. The third-order valence-electron chi connectivity index (χ3n) is 3.34. The minimum Gasteiger partial charge on any atom is -0.252 e. The second-order valence-corrected chi connectivity index (χ2v) is 4.83. The minimum atomic E-state index is 0.659. The molecule has 2 aromatic rings. The topological polar surface area (TPSA) is 36.7 Å². The van der Waals surface area contributed by atoms with Crippen LogP contribution in [0.1, 0.15) is 29.7 Å². The minimum absolute atomic E-state index is 0.659. The van der Waals surface area contributed by atoms with Crippen LogP contribution >= 0.6 is 11.6 Å². The summed E-state index contributed by atoms with van der Waals surface area (Å²) in [7, 11) is 0. The van der Waals surface area contributed by atoms with Gasteiger partial charge in [-0.2, -0.15) is 5.26 Å². The molecule has 0 amide bonds. The van der Waals surface area contributed by atoms with Gasteiger partial charge in [0.15, 0.2) is 0 Å². The van der Waals surface area contributed by atoms with Gasteiger partial charge in [0.1, 0.15) is 6.07 Å². The fourth-order valence-electron chi connectivity index (χ4n) is 2.52. The molecule has 0 N–H and O–H groups in total. The van der Waals surface area contributed by atoms with Crippen LogP contribution in [0.15, 0.2) is 18.2 Å². The molecule has 0 fully saturated rings. The zero-order valence-corrected chi connectivity index (χ0v) is 10.1. The molecule has 3 rings (SSSR count). The Morgan fingerprint density at radius 3 is 2.88 bits per heavy atom. The number of halogens is 1. The van der Waals surface area contributed by atoms with E-state index in [2.05, 4.69) is 11.1 Å². The maximum Gasteiger partial charge on any atom is 0.100 e. The summed E-state index contributed by atoms with van der Waals surface area (Å²) in [6, 6.07) is 7.89. The van der Waals surface area contributed by atoms with Gasteiger partial charge in [0, 0.05) is 16.1 Å². The number of aromatic nitrogens is 1. The van der Waals surface area contributed by atoms with Gasteiger partial charge in [-0.15, -0.1) is 0 Å². The Hall–Kier alpha value is -1.59. The van der Waals surface area contributed by atoms with Crippen molar-refractivity contribution in [2.45, 2.75) is 25.7 Å². The van der Waals surface area contributed by atoms with Crippen LogP contribution in [0.5, 0.6) is 0 Å². The van der Waals surface area contributed by atoms with Crippen LogP contribution in [-0.4, -0.2) is 4.98 Å². The molecule has 17 heavy (non-hydrogen) atoms. The molecule has 0 spiro atoms. The van der Waals surface area contributed by atoms with E-state index in [4.69, 9.17) is 11.6 Å². The Kier molecular flexibility index (Phi) is 2.49. The van der Waals surface area contributed by atoms with E-state index < -0.39 is 0 Å². The van der Waals surface area contributed by atoms with Gasteiger partial charge in [0.05, 0.1) is 11.1 Å². The Labute approximate surface area is 105 Å². The molecule has 0 radical (unpaired) electrons. The van der Waals surface area contributed by atoms with Crippen molar-refractivity contribution in [2.75, 3.05) is 0 Å². The zero-order valence-electron chi connectivity index (χ0n) is 9.33. The molecule has 84 valence electrons. The third-order valence-corrected chi connectivity index (χ3v) is 3.57. The summed E-state index contributed by atoms with van der Waals surface area (Å²) in [5.41, 5.74) is 3.88. The fourth-order valence-corrected chi connectivity index (χ4v) is 2.70. The fraction of sp³-hybridized carbons (Fsp3) is 0.286. The Balaban J connectivity index is 2.40. The Morgan fingerprint density at radius 2 is 2.06 bits per heavy atom. The maximum atomic E-state index is 9.36. The molecule has 1 aromatic carbocycles. The molecule has 3 heteroatoms. The van der Waals surface area contributed by atoms with Crippen molar-refractivity contribution >= 4 is 22.5 Å². The van der Waals surface area contributed by atoms with Crippen molar-refractivity contribution in [2.24, 2.45) is 0 Å². The lowest BCUT2D eigenvalue weighted by Crippen LogP contribution is -2.08. The molecule has 0 atom stereocenters. The molecule has 1 aliphatic rings. The smallest absolute Gasteiger partial charge is 0.100 e. The number of hydrogen-bond donors (Lipinski definition) is 0. The molecular weight excluding hydrogens is 232 g/mol. The average molecular weight is 243 g/mol. The molecule has 1 aromatic heterocycles. The second kappa shape index (κ2) is 4.01. The molecule has 0 aliphatic heterocycles. The first kappa shape index (κ1) is 10.6. The lowest BCUT2D eigenvalue weighted by atomic mass is 9.90. The van der Waals surface area contributed by atoms with Crippen molar-refractivity contribution in [3.05, 3.63) is 40.0 Å². The summed E-state index contributed by atoms with van der Waals surface area (Å²) < 4.78 is 0. The molecule has 0 unspecified atom stereocenters. The first-order valence-electron chi connectivity index (χ1n) is 5.80. The van der Waals surface area contributed by atoms with Gasteiger partial charge in [-0.3, -0.25) is 4.98 Å². The summed E-state index contributed by atoms with van der Waals surface area (Å²) in [6.45, 7) is 0. The molecule has 0 saturated heterocycles. The Bertz CT molecular complexity index is 641. The van der Waals surface area contributed by atoms with Crippen molar-refractivity contribution in [1.29, 1.82) is 5.26 Å². The molecule has 2 nitrogen and oxygen atoms in total. The van der Waals surface area contributed by atoms with E-state index in [0.29, 0.717) is 5.02 Å². The third kappa shape index (κ3) is 1.67. The van der Waals surface area contributed by atoms with E-state index in [1.165, 1.54) is 6.42 Å². The first-order valence-corrected chi connectivity index (χ1v) is 6.18. The van der Waals surface area contributed by atoms with Crippen molar-refractivity contribution in [3.63, 3.8) is 0 Å². The van der Waals surface area contributed by atoms with Gasteiger partial charge in [-0.05, 0) is 49.4 Å². The predicted molar refractivity (Wildman–Crippen MR) is 68.1 cm³/mol. The van der Waals surface area contributed by atoms with Gasteiger partial charge in [0.2, 0.25) is 0 Å². The van der Waals surface area contributed by atoms with Crippen LogP contribution in [0.3, 0.4) is 0 Å². The summed E-state index contributed by atoms with van der Waals surface area (Å²) in [5, 5.41) is 10.9. The van der Waals surface area contributed by atoms with E-state index in [1.807, 2.05) is 18.2 Å². The van der Waals surface area contributed by atoms with E-state index in [-0.39, 0.29) is 0 Å². The van der Waals surface area contributed by atoms with Crippen LogP contribution in [0.2, 0.25) is 5.02 Å². The summed E-state index contributed by atoms with van der Waals surface area (Å²) in [4.78, 5) is 4.66. The number of rotatable bonds is 0. The summed E-state index contributed by atoms with van der Waals surface area (Å²) in [5.74, 6) is 0. The van der Waals surface area contributed by atoms with E-state index in [9.17, 15) is 5.26 Å². The predicted octanol–water partition coefficient (Wildman–Crippen LogP) is 3.64. The molecular formula is C14H11ClN2. The van der Waals surface area contributed by atoms with E-state index in [0.717, 1.165) is 47.0 Å². The highest BCUT2D eigenvalue weighted by Gasteiger charge is 2.17. The average Bonchev–Trinajstić information content (AvgIpc) is 2.36. The van der Waals surface area contributed by atoms with Gasteiger partial charge < -0.3 is 0 Å². The van der Waals surface area contributed by atoms with Crippen LogP contribution in [0.4, 0.5) is 0 Å². The molecule has 1 heterocycles. The number of hydrogen-bond acceptors (Lipinski definition) is 2. The quantitative estimate of drug-likeness (QED) is 0.707. The summed E-state index contributed by atoms with van der Waals surface area (Å²) >= 11 is 5.99. The van der Waals surface area contributed by atoms with Crippen molar-refractivity contribution < 1.29 is 0 Å². The Morgan fingerprint density at radius 1 is 1.24 bits per heavy atom. The number of nitriles is 1. The second-order valence-electron chi connectivity index (χ2n) is 4.39. The van der Waals surface area contributed by atoms with Gasteiger partial charge >= 0.3 is 0 Å². The molecule has 0 bridgehead atoms. The highest BCUT2D eigenvalue weighted by Crippen LogP contribution is 2.29. The van der Waals surface area contributed by atoms with E-state index in [1.54, 1.807) is 0 Å². The highest BCUT2D eigenvalue weighted by molar-refractivity contribution is 6.31. The lowest BCUT2D eigenvalue weighted by Gasteiger charge is -2.17. The number of benzene rings is 1. The van der Waals surface area contributed by atoms with Crippen LogP contribution < -0.4 is 0 Å². The van der Waals surface area contributed by atoms with E-state index >= 15 is 0 Å². The van der Waals surface area contributed by atoms with Crippen LogP contribution in [-0.2, 0) is 12.8 Å². The van der Waals surface area contributed by atoms with Gasteiger partial charge in [-0.25, -0.2) is 0 Å². The summed E-state index contributed by atoms with van der Waals surface area (Å²) in [6.07, 6.45) is 4.27. The van der Waals surface area contributed by atoms with Gasteiger partial charge in [-0.1, -0.05) is 11.6 Å². The van der Waals surface area contributed by atoms with Crippen LogP contribution in [0.25, 0.3) is 10.9 Å². The van der Waals surface area contributed by atoms with Crippen molar-refractivity contribution in [3.8, 4) is 6.07 Å². The monoisotopic (exact) mass is 242 g/mol. The lowest BCUT2D eigenvalue weighted by molar-refractivity contribution is 0.670. The number of nitrogens with zero attached hydrogens (tertiary/aromatic N) is 2. The maximum absolute atomic E-state index is 9.36. The number of aryl methyl sites for hydroxylation is 1. The largest absolute Gasteiger partial charge is 0.252 e. The normalized spacial score (nSPS) is 14.4. The SMILES string of the molecule is N#Cc1c2c(nc3ccc(Cl)cc13)CCCC2. The standard InChI is InChI=1S/C14H11ClN2/c15-9-5-6-14-11(7-9)12(8-16)10-3-1-2-4-13(10)17-14/h5-7H,1-4H2. The van der Waals surface area contributed by atoms with Crippen molar-refractivity contribution in [1.82, 2.24) is 4.98 Å². The van der Waals surface area contributed by atoms with Crippen LogP contribution in [0, 0.1) is 11.3 Å². The number of pyridine rings is 1. The van der Waals surface area contributed by atoms with Gasteiger partial charge in [0.25, 0.3) is 0 Å². The highest BCUT2D eigenvalue weighted by atomic mass is 35.5. The zero-order chi connectivity index (χ0) is 11.8. The number of fused-ring (bicyclic) bond motifs is 2. The molecule has 1 aliphatic carbocycles. The molecule has 0 saturated carbocycles.